The van der Waals surface area contributed by atoms with Gasteiger partial charge >= 0.3 is 0 Å². The van der Waals surface area contributed by atoms with E-state index in [4.69, 9.17) is 21.6 Å². The van der Waals surface area contributed by atoms with E-state index in [-0.39, 0.29) is 17.8 Å². The van der Waals surface area contributed by atoms with E-state index in [1.54, 1.807) is 24.3 Å². The van der Waals surface area contributed by atoms with Crippen LogP contribution in [0, 0.1) is 11.3 Å². The number of nitriles is 1. The Labute approximate surface area is 166 Å². The topological polar surface area (TPSA) is 70.4 Å². The number of hydrogen-bond donors (Lipinski definition) is 0. The molecule has 1 saturated heterocycles. The zero-order valence-corrected chi connectivity index (χ0v) is 15.8. The summed E-state index contributed by atoms with van der Waals surface area (Å²) in [6.45, 7) is 0.243. The fourth-order valence-corrected chi connectivity index (χ4v) is 3.67. The van der Waals surface area contributed by atoms with Gasteiger partial charge in [-0.2, -0.15) is 5.26 Å². The van der Waals surface area contributed by atoms with E-state index in [1.807, 2.05) is 36.4 Å². The largest absolute Gasteiger partial charge is 0.477 e. The fourth-order valence-electron chi connectivity index (χ4n) is 2.56. The highest BCUT2D eigenvalue weighted by atomic mass is 35.5. The quantitative estimate of drug-likeness (QED) is 0.669. The van der Waals surface area contributed by atoms with Gasteiger partial charge in [0.25, 0.3) is 11.1 Å². The smallest absolute Gasteiger partial charge is 0.293 e. The number of carbonyl (C=O) groups excluding carboxylic acids is 2. The first-order valence-electron chi connectivity index (χ1n) is 8.17. The molecule has 1 heterocycles. The van der Waals surface area contributed by atoms with E-state index in [9.17, 15) is 9.59 Å². The lowest BCUT2D eigenvalue weighted by molar-refractivity contribution is -0.122. The minimum absolute atomic E-state index is 0.0978. The van der Waals surface area contributed by atoms with Crippen molar-refractivity contribution in [1.82, 2.24) is 4.90 Å². The molecule has 0 N–H and O–H groups in total. The molecule has 1 aliphatic rings. The third-order valence-corrected chi connectivity index (χ3v) is 5.09. The Balaban J connectivity index is 1.70. The standard InChI is InChI=1S/C20H15ClN2O3S/c21-16-12-15(6-7-17(16)26-11-9-22)13-18-19(24)23(20(25)27-18)10-8-14-4-2-1-3-5-14/h1-7,12-13H,8,10-11H2/b18-13-. The van der Waals surface area contributed by atoms with Crippen LogP contribution in [0.3, 0.4) is 0 Å². The molecule has 5 nitrogen and oxygen atoms in total. The molecule has 0 radical (unpaired) electrons. The number of carbonyl (C=O) groups is 2. The summed E-state index contributed by atoms with van der Waals surface area (Å²) in [4.78, 5) is 26.4. The SMILES string of the molecule is N#CCOc1ccc(/C=C2\SC(=O)N(CCc3ccccc3)C2=O)cc1Cl. The number of rotatable bonds is 6. The van der Waals surface area contributed by atoms with Gasteiger partial charge in [-0.3, -0.25) is 14.5 Å². The number of nitrogens with zero attached hydrogens (tertiary/aromatic N) is 2. The first-order valence-corrected chi connectivity index (χ1v) is 9.36. The molecule has 27 heavy (non-hydrogen) atoms. The molecule has 136 valence electrons. The average molecular weight is 399 g/mol. The van der Waals surface area contributed by atoms with Crippen LogP contribution in [0.1, 0.15) is 11.1 Å². The van der Waals surface area contributed by atoms with E-state index in [2.05, 4.69) is 0 Å². The third kappa shape index (κ3) is 4.70. The predicted molar refractivity (Wildman–Crippen MR) is 105 cm³/mol. The van der Waals surface area contributed by atoms with Gasteiger partial charge in [0.2, 0.25) is 0 Å². The summed E-state index contributed by atoms with van der Waals surface area (Å²) in [6, 6.07) is 16.6. The Bertz CT molecular complexity index is 938. The molecule has 0 spiro atoms. The molecule has 0 atom stereocenters. The van der Waals surface area contributed by atoms with Gasteiger partial charge in [0.05, 0.1) is 9.93 Å². The molecule has 2 aromatic rings. The Morgan fingerprint density at radius 1 is 1.19 bits per heavy atom. The normalized spacial score (nSPS) is 15.3. The maximum Gasteiger partial charge on any atom is 0.293 e. The second kappa shape index (κ2) is 8.76. The van der Waals surface area contributed by atoms with Crippen molar-refractivity contribution in [2.45, 2.75) is 6.42 Å². The van der Waals surface area contributed by atoms with Gasteiger partial charge in [0, 0.05) is 6.54 Å². The van der Waals surface area contributed by atoms with E-state index in [1.165, 1.54) is 4.90 Å². The van der Waals surface area contributed by atoms with Gasteiger partial charge < -0.3 is 4.74 Å². The number of benzene rings is 2. The molecule has 0 aliphatic carbocycles. The summed E-state index contributed by atoms with van der Waals surface area (Å²) < 4.78 is 5.19. The van der Waals surface area contributed by atoms with Crippen molar-refractivity contribution in [2.75, 3.05) is 13.2 Å². The Morgan fingerprint density at radius 3 is 2.67 bits per heavy atom. The second-order valence-corrected chi connectivity index (χ2v) is 7.11. The summed E-state index contributed by atoms with van der Waals surface area (Å²) >= 11 is 7.05. The third-order valence-electron chi connectivity index (χ3n) is 3.89. The number of hydrogen-bond acceptors (Lipinski definition) is 5. The molecular weight excluding hydrogens is 384 g/mol. The second-order valence-electron chi connectivity index (χ2n) is 5.71. The van der Waals surface area contributed by atoms with Gasteiger partial charge in [-0.15, -0.1) is 0 Å². The highest BCUT2D eigenvalue weighted by molar-refractivity contribution is 8.18. The molecule has 1 fully saturated rings. The van der Waals surface area contributed by atoms with Crippen molar-refractivity contribution in [1.29, 1.82) is 5.26 Å². The van der Waals surface area contributed by atoms with Gasteiger partial charge in [-0.05, 0) is 47.5 Å². The van der Waals surface area contributed by atoms with Crippen molar-refractivity contribution >= 4 is 40.6 Å². The maximum atomic E-state index is 12.6. The maximum absolute atomic E-state index is 12.6. The first kappa shape index (κ1) is 19.0. The molecule has 2 amide bonds. The lowest BCUT2D eigenvalue weighted by Gasteiger charge is -2.12. The van der Waals surface area contributed by atoms with Crippen molar-refractivity contribution in [2.24, 2.45) is 0 Å². The van der Waals surface area contributed by atoms with Crippen LogP contribution < -0.4 is 4.74 Å². The molecule has 0 unspecified atom stereocenters. The van der Waals surface area contributed by atoms with Crippen LogP contribution in [0.2, 0.25) is 5.02 Å². The van der Waals surface area contributed by atoms with E-state index < -0.39 is 0 Å². The van der Waals surface area contributed by atoms with Crippen LogP contribution in [-0.4, -0.2) is 29.2 Å². The molecule has 0 bridgehead atoms. The number of ether oxygens (including phenoxy) is 1. The van der Waals surface area contributed by atoms with Crippen LogP contribution in [0.4, 0.5) is 4.79 Å². The zero-order valence-electron chi connectivity index (χ0n) is 14.2. The molecule has 0 saturated carbocycles. The monoisotopic (exact) mass is 398 g/mol. The fraction of sp³-hybridized carbons (Fsp3) is 0.150. The highest BCUT2D eigenvalue weighted by Gasteiger charge is 2.34. The number of halogens is 1. The molecule has 2 aromatic carbocycles. The minimum Gasteiger partial charge on any atom is -0.477 e. The highest BCUT2D eigenvalue weighted by Crippen LogP contribution is 2.33. The van der Waals surface area contributed by atoms with Gasteiger partial charge in [0.15, 0.2) is 6.61 Å². The van der Waals surface area contributed by atoms with Crippen LogP contribution in [0.15, 0.2) is 53.4 Å². The van der Waals surface area contributed by atoms with Crippen molar-refractivity contribution in [3.05, 3.63) is 69.6 Å². The van der Waals surface area contributed by atoms with Gasteiger partial charge in [-0.1, -0.05) is 48.0 Å². The van der Waals surface area contributed by atoms with Crippen LogP contribution in [0.25, 0.3) is 6.08 Å². The lowest BCUT2D eigenvalue weighted by atomic mass is 10.1. The van der Waals surface area contributed by atoms with E-state index >= 15 is 0 Å². The van der Waals surface area contributed by atoms with Gasteiger partial charge in [0.1, 0.15) is 11.8 Å². The summed E-state index contributed by atoms with van der Waals surface area (Å²) in [5, 5.41) is 8.61. The Kier molecular flexibility index (Phi) is 6.17. The Morgan fingerprint density at radius 2 is 1.96 bits per heavy atom. The number of imide groups is 1. The molecule has 7 heteroatoms. The summed E-state index contributed by atoms with van der Waals surface area (Å²) in [7, 11) is 0. The summed E-state index contributed by atoms with van der Waals surface area (Å²) in [5.41, 5.74) is 1.75. The van der Waals surface area contributed by atoms with E-state index in [0.717, 1.165) is 17.3 Å². The van der Waals surface area contributed by atoms with Crippen LogP contribution >= 0.6 is 23.4 Å². The van der Waals surface area contributed by atoms with Crippen molar-refractivity contribution < 1.29 is 14.3 Å². The number of amides is 2. The van der Waals surface area contributed by atoms with Gasteiger partial charge in [-0.25, -0.2) is 0 Å². The summed E-state index contributed by atoms with van der Waals surface area (Å²) in [6.07, 6.45) is 2.25. The lowest BCUT2D eigenvalue weighted by Crippen LogP contribution is -2.30. The first-order chi connectivity index (χ1) is 13.1. The number of thioether (sulfide) groups is 1. The average Bonchev–Trinajstić information content (AvgIpc) is 2.93. The molecule has 1 aliphatic heterocycles. The minimum atomic E-state index is -0.304. The van der Waals surface area contributed by atoms with Crippen molar-refractivity contribution in [3.8, 4) is 11.8 Å². The molecular formula is C20H15ClN2O3S. The zero-order chi connectivity index (χ0) is 19.2. The van der Waals surface area contributed by atoms with E-state index in [0.29, 0.717) is 34.2 Å². The van der Waals surface area contributed by atoms with Crippen LogP contribution in [0.5, 0.6) is 5.75 Å². The predicted octanol–water partition coefficient (Wildman–Crippen LogP) is 4.52. The molecule has 3 rings (SSSR count). The Hall–Kier alpha value is -2.75. The van der Waals surface area contributed by atoms with Crippen molar-refractivity contribution in [3.63, 3.8) is 0 Å². The van der Waals surface area contributed by atoms with Crippen LogP contribution in [-0.2, 0) is 11.2 Å². The molecule has 0 aromatic heterocycles. The summed E-state index contributed by atoms with van der Waals surface area (Å²) in [5.74, 6) is 0.0909.